The molecule has 0 saturated carbocycles. The number of hydrogen-bond donors (Lipinski definition) is 0. The first kappa shape index (κ1) is 51.0. The van der Waals surface area contributed by atoms with Gasteiger partial charge >= 0.3 is 330 Å². The Morgan fingerprint density at radius 2 is 0.593 bits per heavy atom. The molecule has 1 atom stereocenters. The van der Waals surface area contributed by atoms with E-state index in [9.17, 15) is 0 Å². The number of benzene rings is 3. The number of halogens is 3. The van der Waals surface area contributed by atoms with Crippen molar-refractivity contribution in [2.75, 3.05) is 0 Å². The van der Waals surface area contributed by atoms with Crippen LogP contribution in [0.4, 0.5) is 0 Å². The zero-order valence-corrected chi connectivity index (χ0v) is 42.3. The van der Waals surface area contributed by atoms with E-state index in [4.69, 9.17) is 0 Å². The Balaban J connectivity index is 0.00000486. The van der Waals surface area contributed by atoms with Crippen LogP contribution in [0.5, 0.6) is 0 Å². The van der Waals surface area contributed by atoms with E-state index in [1.807, 2.05) is 0 Å². The molecule has 3 aromatic rings. The second-order valence-corrected chi connectivity index (χ2v) is 28.1. The minimum atomic E-state index is -3.03. The monoisotopic (exact) mass is 840 g/mol. The third kappa shape index (κ3) is 9.79. The van der Waals surface area contributed by atoms with E-state index < -0.39 is 8.07 Å². The summed E-state index contributed by atoms with van der Waals surface area (Å²) in [5, 5.41) is 4.58. The largest absolute Gasteiger partial charge is 1.00 e. The Morgan fingerprint density at radius 3 is 0.741 bits per heavy atom. The SMILES string of the molecule is CC1=C(C)[C]([Ti+3])([Si](c2cc(C(C)(C)C)cc(C(C)(C)C)c2)(c2cc(C(C)(C)C)cc(C(C)(C)C)c2)c2cc(C(C)(C)C)cc(C(C)(C)C)c2)C=C1.[Cl-].[Cl-].[Cl-]. The van der Waals surface area contributed by atoms with E-state index >= 15 is 0 Å². The Labute approximate surface area is 364 Å². The van der Waals surface area contributed by atoms with E-state index in [1.165, 1.54) is 60.1 Å². The summed E-state index contributed by atoms with van der Waals surface area (Å²) in [5.74, 6) is 0. The summed E-state index contributed by atoms with van der Waals surface area (Å²) >= 11 is 2.60. The minimum Gasteiger partial charge on any atom is -1.00 e. The average Bonchev–Trinajstić information content (AvgIpc) is 3.22. The average molecular weight is 842 g/mol. The van der Waals surface area contributed by atoms with E-state index in [2.05, 4.69) is 226 Å². The van der Waals surface area contributed by atoms with Gasteiger partial charge in [-0.3, -0.25) is 0 Å². The molecule has 0 spiro atoms. The van der Waals surface area contributed by atoms with E-state index in [0.29, 0.717) is 0 Å². The maximum absolute atomic E-state index is 3.03. The van der Waals surface area contributed by atoms with Crippen molar-refractivity contribution in [2.45, 2.75) is 174 Å². The van der Waals surface area contributed by atoms with Gasteiger partial charge in [0.15, 0.2) is 0 Å². The first-order valence-corrected chi connectivity index (χ1v) is 22.1. The van der Waals surface area contributed by atoms with Gasteiger partial charge in [-0.15, -0.1) is 0 Å². The zero-order chi connectivity index (χ0) is 39.1. The van der Waals surface area contributed by atoms with E-state index in [0.717, 1.165) is 0 Å². The molecule has 5 heteroatoms. The van der Waals surface area contributed by atoms with Crippen LogP contribution < -0.4 is 52.8 Å². The van der Waals surface area contributed by atoms with Crippen LogP contribution in [-0.4, -0.2) is 8.07 Å². The normalized spacial score (nSPS) is 17.2. The third-order valence-corrected chi connectivity index (χ3v) is 19.4. The zero-order valence-electron chi connectivity index (χ0n) is 37.5. The van der Waals surface area contributed by atoms with Crippen molar-refractivity contribution >= 4 is 23.6 Å². The molecule has 3 aromatic carbocycles. The standard InChI is InChI=1S/C49H71Si.3ClH.Ti/c1-32-21-22-43(33(32)2)50(40-26-34(44(3,4)5)23-35(27-40)45(6,7)8,41-28-36(46(9,10)11)24-37(29-41)47(12,13)14)42-30-38(48(15,16)17)25-39(31-42)49(18,19)20;;;;/h21-31H,1-20H3;3*1H;/q;;;;+3/p-3. The molecule has 1 aliphatic rings. The van der Waals surface area contributed by atoms with Crippen LogP contribution in [0.15, 0.2) is 77.9 Å². The van der Waals surface area contributed by atoms with Crippen LogP contribution in [0.25, 0.3) is 0 Å². The van der Waals surface area contributed by atoms with Crippen molar-refractivity contribution in [1.82, 2.24) is 0 Å². The van der Waals surface area contributed by atoms with Crippen LogP contribution in [0, 0.1) is 0 Å². The van der Waals surface area contributed by atoms with Gasteiger partial charge in [-0.1, -0.05) is 0 Å². The summed E-state index contributed by atoms with van der Waals surface area (Å²) in [5.41, 5.74) is 11.5. The van der Waals surface area contributed by atoms with Gasteiger partial charge in [-0.2, -0.15) is 0 Å². The second-order valence-electron chi connectivity index (χ2n) is 22.1. The van der Waals surface area contributed by atoms with Crippen LogP contribution in [0.1, 0.15) is 172 Å². The van der Waals surface area contributed by atoms with E-state index in [-0.39, 0.29) is 73.1 Å². The van der Waals surface area contributed by atoms with Crippen LogP contribution in [-0.2, 0) is 52.9 Å². The molecule has 0 bridgehead atoms. The Kier molecular flexibility index (Phi) is 15.4. The molecule has 0 aliphatic heterocycles. The summed E-state index contributed by atoms with van der Waals surface area (Å²) < 4.78 is -0.208. The molecule has 54 heavy (non-hydrogen) atoms. The number of rotatable bonds is 4. The quantitative estimate of drug-likeness (QED) is 0.280. The van der Waals surface area contributed by atoms with Gasteiger partial charge in [-0.05, 0) is 0 Å². The van der Waals surface area contributed by atoms with Gasteiger partial charge in [0.05, 0.1) is 0 Å². The second kappa shape index (κ2) is 16.3. The van der Waals surface area contributed by atoms with Crippen molar-refractivity contribution in [3.63, 3.8) is 0 Å². The van der Waals surface area contributed by atoms with Crippen molar-refractivity contribution in [3.05, 3.63) is 111 Å². The van der Waals surface area contributed by atoms with Gasteiger partial charge in [0.25, 0.3) is 0 Å². The fourth-order valence-electron chi connectivity index (χ4n) is 7.53. The first-order chi connectivity index (χ1) is 22.7. The van der Waals surface area contributed by atoms with Gasteiger partial charge in [0.1, 0.15) is 0 Å². The Hall–Kier alpha value is -1.06. The molecule has 0 aromatic heterocycles. The summed E-state index contributed by atoms with van der Waals surface area (Å²) in [4.78, 5) is 0. The molecular formula is C49H71Cl3SiTi. The molecule has 0 amide bonds. The van der Waals surface area contributed by atoms with Crippen molar-refractivity contribution in [3.8, 4) is 0 Å². The third-order valence-electron chi connectivity index (χ3n) is 11.7. The van der Waals surface area contributed by atoms with Gasteiger partial charge in [0.2, 0.25) is 0 Å². The van der Waals surface area contributed by atoms with Crippen LogP contribution in [0.2, 0.25) is 3.34 Å². The summed E-state index contributed by atoms with van der Waals surface area (Å²) in [7, 11) is -3.03. The molecule has 0 heterocycles. The van der Waals surface area contributed by atoms with Crippen molar-refractivity contribution < 1.29 is 57.7 Å². The smallest absolute Gasteiger partial charge is 1.00 e. The summed E-state index contributed by atoms with van der Waals surface area (Å²) in [6.07, 6.45) is 5.05. The molecule has 1 unspecified atom stereocenters. The maximum atomic E-state index is 2.66. The fourth-order valence-corrected chi connectivity index (χ4v) is 15.7. The molecule has 0 N–H and O–H groups in total. The molecule has 0 fully saturated rings. The summed E-state index contributed by atoms with van der Waals surface area (Å²) in [6.45, 7) is 47.8. The molecule has 1 aliphatic carbocycles. The predicted octanol–water partition coefficient (Wildman–Crippen LogP) is 3.10. The molecule has 296 valence electrons. The number of hydrogen-bond acceptors (Lipinski definition) is 0. The van der Waals surface area contributed by atoms with Crippen molar-refractivity contribution in [1.29, 1.82) is 0 Å². The van der Waals surface area contributed by atoms with Gasteiger partial charge in [0, 0.05) is 0 Å². The van der Waals surface area contributed by atoms with Crippen LogP contribution >= 0.6 is 0 Å². The fraction of sp³-hybridized carbons (Fsp3) is 0.551. The summed E-state index contributed by atoms with van der Waals surface area (Å²) in [6, 6.07) is 23.5. The minimum absolute atomic E-state index is 0. The molecule has 0 saturated heterocycles. The van der Waals surface area contributed by atoms with Gasteiger partial charge in [-0.25, -0.2) is 0 Å². The van der Waals surface area contributed by atoms with E-state index in [1.54, 1.807) is 0 Å². The predicted molar refractivity (Wildman–Crippen MR) is 226 cm³/mol. The Morgan fingerprint density at radius 1 is 0.389 bits per heavy atom. The molecular weight excluding hydrogens is 771 g/mol. The van der Waals surface area contributed by atoms with Crippen LogP contribution in [0.3, 0.4) is 0 Å². The number of allylic oxidation sites excluding steroid dienone is 4. The van der Waals surface area contributed by atoms with Gasteiger partial charge < -0.3 is 37.2 Å². The Bertz CT molecular complexity index is 1590. The topological polar surface area (TPSA) is 0 Å². The maximum Gasteiger partial charge on any atom is -1.00 e. The first-order valence-electron chi connectivity index (χ1n) is 19.4. The van der Waals surface area contributed by atoms with Crippen molar-refractivity contribution in [2.24, 2.45) is 0 Å². The molecule has 0 nitrogen and oxygen atoms in total. The molecule has 0 radical (unpaired) electrons. The molecule has 4 rings (SSSR count).